The number of methoxy groups -OCH3 is 2. The molecule has 4 rings (SSSR count). The molecule has 3 aromatic rings. The highest BCUT2D eigenvalue weighted by molar-refractivity contribution is 7.20. The third-order valence-corrected chi connectivity index (χ3v) is 5.39. The van der Waals surface area contributed by atoms with Gasteiger partial charge in [-0.15, -0.1) is 11.3 Å². The third-order valence-electron chi connectivity index (χ3n) is 4.22. The monoisotopic (exact) mass is 359 g/mol. The van der Waals surface area contributed by atoms with Crippen LogP contribution in [0.4, 0.5) is 5.82 Å². The maximum Gasteiger partial charge on any atom is 0.269 e. The van der Waals surface area contributed by atoms with Gasteiger partial charge in [-0.25, -0.2) is 9.67 Å². The van der Waals surface area contributed by atoms with Crippen LogP contribution in [0, 0.1) is 6.92 Å². The molecule has 0 bridgehead atoms. The van der Waals surface area contributed by atoms with E-state index < -0.39 is 0 Å². The molecule has 0 saturated heterocycles. The van der Waals surface area contributed by atoms with Gasteiger partial charge in [-0.1, -0.05) is 0 Å². The Morgan fingerprint density at radius 2 is 2.16 bits per heavy atom. The van der Waals surface area contributed by atoms with Crippen molar-refractivity contribution in [1.29, 1.82) is 0 Å². The molecule has 8 nitrogen and oxygen atoms in total. The number of ether oxygens (including phenoxy) is 2. The van der Waals surface area contributed by atoms with Crippen LogP contribution in [0.15, 0.2) is 12.3 Å². The Morgan fingerprint density at radius 3 is 2.92 bits per heavy atom. The van der Waals surface area contributed by atoms with Crippen LogP contribution in [-0.4, -0.2) is 46.4 Å². The summed E-state index contributed by atoms with van der Waals surface area (Å²) in [4.78, 5) is 25.1. The molecule has 0 aromatic carbocycles. The standard InChI is InChI=1S/C16H17N5O3S/c1-9-12-14(24-3)18-10(8-23-2)19-15(12)25-13(9)16(22)20-6-7-21-11(20)4-5-17-21/h4-5H,6-8H2,1-3H3. The van der Waals surface area contributed by atoms with Crippen LogP contribution in [0.3, 0.4) is 0 Å². The third kappa shape index (κ3) is 2.47. The van der Waals surface area contributed by atoms with Gasteiger partial charge in [0.1, 0.15) is 17.3 Å². The Bertz CT molecular complexity index is 964. The molecule has 0 N–H and O–H groups in total. The van der Waals surface area contributed by atoms with Gasteiger partial charge in [0.05, 0.1) is 30.1 Å². The largest absolute Gasteiger partial charge is 0.480 e. The average Bonchev–Trinajstić information content (AvgIpc) is 3.28. The maximum absolute atomic E-state index is 13.1. The molecule has 3 aromatic heterocycles. The fourth-order valence-corrected chi connectivity index (χ4v) is 4.19. The van der Waals surface area contributed by atoms with Crippen molar-refractivity contribution in [2.45, 2.75) is 20.1 Å². The van der Waals surface area contributed by atoms with E-state index in [2.05, 4.69) is 15.1 Å². The topological polar surface area (TPSA) is 82.4 Å². The van der Waals surface area contributed by atoms with Crippen molar-refractivity contribution in [2.24, 2.45) is 0 Å². The number of rotatable bonds is 4. The van der Waals surface area contributed by atoms with E-state index in [0.717, 1.165) is 21.6 Å². The first-order chi connectivity index (χ1) is 12.1. The lowest BCUT2D eigenvalue weighted by Crippen LogP contribution is -2.28. The fraction of sp³-hybridized carbons (Fsp3) is 0.375. The smallest absolute Gasteiger partial charge is 0.269 e. The van der Waals surface area contributed by atoms with Crippen LogP contribution in [0.5, 0.6) is 5.88 Å². The molecule has 0 saturated carbocycles. The first-order valence-electron chi connectivity index (χ1n) is 7.80. The van der Waals surface area contributed by atoms with Gasteiger partial charge in [-0.05, 0) is 12.5 Å². The number of hydrogen-bond acceptors (Lipinski definition) is 7. The molecule has 0 radical (unpaired) electrons. The summed E-state index contributed by atoms with van der Waals surface area (Å²) in [6.07, 6.45) is 1.71. The summed E-state index contributed by atoms with van der Waals surface area (Å²) in [6.45, 7) is 3.52. The highest BCUT2D eigenvalue weighted by atomic mass is 32.1. The molecular formula is C16H17N5O3S. The zero-order chi connectivity index (χ0) is 17.6. The van der Waals surface area contributed by atoms with Crippen LogP contribution < -0.4 is 9.64 Å². The number of aromatic nitrogens is 4. The molecular weight excluding hydrogens is 342 g/mol. The second-order valence-corrected chi connectivity index (χ2v) is 6.69. The van der Waals surface area contributed by atoms with E-state index in [1.54, 1.807) is 25.3 Å². The van der Waals surface area contributed by atoms with Gasteiger partial charge < -0.3 is 9.47 Å². The Balaban J connectivity index is 1.80. The van der Waals surface area contributed by atoms with Crippen LogP contribution in [-0.2, 0) is 17.9 Å². The van der Waals surface area contributed by atoms with E-state index in [0.29, 0.717) is 29.7 Å². The summed E-state index contributed by atoms with van der Waals surface area (Å²) in [5.74, 6) is 1.78. The van der Waals surface area contributed by atoms with Gasteiger partial charge in [0.2, 0.25) is 5.88 Å². The van der Waals surface area contributed by atoms with Gasteiger partial charge >= 0.3 is 0 Å². The van der Waals surface area contributed by atoms with Crippen molar-refractivity contribution >= 4 is 33.3 Å². The summed E-state index contributed by atoms with van der Waals surface area (Å²) in [6, 6.07) is 1.85. The molecule has 130 valence electrons. The summed E-state index contributed by atoms with van der Waals surface area (Å²) in [5.41, 5.74) is 0.837. The highest BCUT2D eigenvalue weighted by Crippen LogP contribution is 2.36. The lowest BCUT2D eigenvalue weighted by atomic mass is 10.2. The van der Waals surface area contributed by atoms with Gasteiger partial charge in [0, 0.05) is 19.7 Å². The summed E-state index contributed by atoms with van der Waals surface area (Å²) >= 11 is 1.36. The average molecular weight is 359 g/mol. The Kier molecular flexibility index (Phi) is 3.89. The molecule has 0 spiro atoms. The van der Waals surface area contributed by atoms with E-state index in [1.807, 2.05) is 17.7 Å². The normalized spacial score (nSPS) is 13.5. The second kappa shape index (κ2) is 6.08. The molecule has 0 atom stereocenters. The summed E-state index contributed by atoms with van der Waals surface area (Å²) < 4.78 is 12.4. The fourth-order valence-electron chi connectivity index (χ4n) is 3.05. The molecule has 1 amide bonds. The number of nitrogens with zero attached hydrogens (tertiary/aromatic N) is 5. The minimum Gasteiger partial charge on any atom is -0.480 e. The van der Waals surface area contributed by atoms with Crippen molar-refractivity contribution in [3.63, 3.8) is 0 Å². The zero-order valence-corrected chi connectivity index (χ0v) is 15.0. The number of anilines is 1. The van der Waals surface area contributed by atoms with Crippen molar-refractivity contribution in [3.05, 3.63) is 28.5 Å². The van der Waals surface area contributed by atoms with E-state index >= 15 is 0 Å². The predicted molar refractivity (Wildman–Crippen MR) is 93.3 cm³/mol. The van der Waals surface area contributed by atoms with Crippen LogP contribution in [0.1, 0.15) is 21.1 Å². The molecule has 0 unspecified atom stereocenters. The van der Waals surface area contributed by atoms with E-state index in [9.17, 15) is 4.79 Å². The minimum absolute atomic E-state index is 0.0462. The van der Waals surface area contributed by atoms with E-state index in [4.69, 9.17) is 9.47 Å². The van der Waals surface area contributed by atoms with Crippen molar-refractivity contribution < 1.29 is 14.3 Å². The maximum atomic E-state index is 13.1. The molecule has 4 heterocycles. The Labute approximate surface area is 148 Å². The van der Waals surface area contributed by atoms with Crippen LogP contribution in [0.2, 0.25) is 0 Å². The molecule has 1 aliphatic heterocycles. The number of carbonyl (C=O) groups is 1. The number of aryl methyl sites for hydroxylation is 1. The Hall–Kier alpha value is -2.52. The highest BCUT2D eigenvalue weighted by Gasteiger charge is 2.30. The van der Waals surface area contributed by atoms with Gasteiger partial charge in [0.15, 0.2) is 5.82 Å². The molecule has 25 heavy (non-hydrogen) atoms. The van der Waals surface area contributed by atoms with Gasteiger partial charge in [-0.2, -0.15) is 10.1 Å². The van der Waals surface area contributed by atoms with Gasteiger partial charge in [0.25, 0.3) is 5.91 Å². The van der Waals surface area contributed by atoms with E-state index in [-0.39, 0.29) is 12.5 Å². The second-order valence-electron chi connectivity index (χ2n) is 5.69. The number of amides is 1. The summed E-state index contributed by atoms with van der Waals surface area (Å²) in [5, 5.41) is 5.00. The van der Waals surface area contributed by atoms with Crippen molar-refractivity contribution in [3.8, 4) is 5.88 Å². The predicted octanol–water partition coefficient (Wildman–Crippen LogP) is 2.01. The first kappa shape index (κ1) is 16.0. The Morgan fingerprint density at radius 1 is 1.32 bits per heavy atom. The molecule has 1 aliphatic rings. The zero-order valence-electron chi connectivity index (χ0n) is 14.1. The number of hydrogen-bond donors (Lipinski definition) is 0. The molecule has 0 fully saturated rings. The lowest BCUT2D eigenvalue weighted by Gasteiger charge is -2.14. The number of carbonyl (C=O) groups excluding carboxylic acids is 1. The van der Waals surface area contributed by atoms with E-state index in [1.165, 1.54) is 11.3 Å². The van der Waals surface area contributed by atoms with Crippen molar-refractivity contribution in [2.75, 3.05) is 25.7 Å². The quantitative estimate of drug-likeness (QED) is 0.709. The SMILES string of the molecule is COCc1nc(OC)c2c(C)c(C(=O)N3CCn4nccc43)sc2n1. The molecule has 0 aliphatic carbocycles. The van der Waals surface area contributed by atoms with Gasteiger partial charge in [-0.3, -0.25) is 9.69 Å². The number of thiophene rings is 1. The van der Waals surface area contributed by atoms with Crippen molar-refractivity contribution in [1.82, 2.24) is 19.7 Å². The minimum atomic E-state index is -0.0462. The summed E-state index contributed by atoms with van der Waals surface area (Å²) in [7, 11) is 3.15. The van der Waals surface area contributed by atoms with Crippen LogP contribution in [0.25, 0.3) is 10.2 Å². The first-order valence-corrected chi connectivity index (χ1v) is 8.62. The lowest BCUT2D eigenvalue weighted by molar-refractivity contribution is 0.0993. The molecule has 9 heteroatoms. The number of fused-ring (bicyclic) bond motifs is 2. The van der Waals surface area contributed by atoms with Crippen LogP contribution >= 0.6 is 11.3 Å².